The molecule has 3 rings (SSSR count). The average molecular weight is 486 g/mol. The van der Waals surface area contributed by atoms with E-state index in [-0.39, 0.29) is 24.3 Å². The molecular formula is C25H32BrN3O2. The molecule has 0 radical (unpaired) electrons. The summed E-state index contributed by atoms with van der Waals surface area (Å²) in [5, 5.41) is 5.95. The second-order valence-corrected chi connectivity index (χ2v) is 9.29. The average Bonchev–Trinajstić information content (AvgIpc) is 2.74. The number of nitrogens with zero attached hydrogens (tertiary/aromatic N) is 1. The number of carbonyl (C=O) groups is 2. The molecule has 0 spiro atoms. The maximum atomic E-state index is 12.7. The molecule has 1 heterocycles. The van der Waals surface area contributed by atoms with E-state index in [1.807, 2.05) is 30.3 Å². The van der Waals surface area contributed by atoms with Crippen LogP contribution in [0.5, 0.6) is 0 Å². The SMILES string of the molecule is CC(=O)NC(CC(=O)NCc1ccccc1CN1CCCCC1C)c1ccc(Br)cc1. The monoisotopic (exact) mass is 485 g/mol. The molecule has 1 aliphatic heterocycles. The van der Waals surface area contributed by atoms with Gasteiger partial charge in [0.05, 0.1) is 12.5 Å². The van der Waals surface area contributed by atoms with E-state index in [1.54, 1.807) is 0 Å². The lowest BCUT2D eigenvalue weighted by Crippen LogP contribution is -2.37. The number of amides is 2. The summed E-state index contributed by atoms with van der Waals surface area (Å²) in [5.41, 5.74) is 3.32. The molecule has 31 heavy (non-hydrogen) atoms. The predicted molar refractivity (Wildman–Crippen MR) is 127 cm³/mol. The Balaban J connectivity index is 1.61. The van der Waals surface area contributed by atoms with Crippen LogP contribution in [-0.2, 0) is 22.7 Å². The summed E-state index contributed by atoms with van der Waals surface area (Å²) >= 11 is 3.42. The van der Waals surface area contributed by atoms with Gasteiger partial charge in [0.15, 0.2) is 0 Å². The van der Waals surface area contributed by atoms with Crippen molar-refractivity contribution in [2.45, 2.75) is 64.7 Å². The summed E-state index contributed by atoms with van der Waals surface area (Å²) in [6.07, 6.45) is 4.01. The van der Waals surface area contributed by atoms with Gasteiger partial charge in [-0.15, -0.1) is 0 Å². The topological polar surface area (TPSA) is 61.4 Å². The van der Waals surface area contributed by atoms with E-state index in [9.17, 15) is 9.59 Å². The Labute approximate surface area is 193 Å². The van der Waals surface area contributed by atoms with E-state index in [4.69, 9.17) is 0 Å². The van der Waals surface area contributed by atoms with Crippen molar-refractivity contribution >= 4 is 27.7 Å². The number of hydrogen-bond donors (Lipinski definition) is 2. The van der Waals surface area contributed by atoms with Gasteiger partial charge in [0.1, 0.15) is 0 Å². The minimum Gasteiger partial charge on any atom is -0.352 e. The molecule has 1 fully saturated rings. The lowest BCUT2D eigenvalue weighted by molar-refractivity contribution is -0.122. The molecule has 1 saturated heterocycles. The molecule has 2 amide bonds. The highest BCUT2D eigenvalue weighted by atomic mass is 79.9. The van der Waals surface area contributed by atoms with Gasteiger partial charge in [0, 0.05) is 30.5 Å². The van der Waals surface area contributed by atoms with E-state index in [0.29, 0.717) is 12.6 Å². The smallest absolute Gasteiger partial charge is 0.222 e. The Hall–Kier alpha value is -2.18. The number of likely N-dealkylation sites (tertiary alicyclic amines) is 1. The van der Waals surface area contributed by atoms with E-state index in [2.05, 4.69) is 56.6 Å². The van der Waals surface area contributed by atoms with Crippen LogP contribution < -0.4 is 10.6 Å². The Bertz CT molecular complexity index is 885. The number of carbonyl (C=O) groups excluding carboxylic acids is 2. The third-order valence-corrected chi connectivity index (χ3v) is 6.48. The molecule has 0 saturated carbocycles. The van der Waals surface area contributed by atoms with E-state index in [0.717, 1.165) is 28.7 Å². The fourth-order valence-electron chi connectivity index (χ4n) is 4.14. The molecule has 5 nitrogen and oxygen atoms in total. The largest absolute Gasteiger partial charge is 0.352 e. The highest BCUT2D eigenvalue weighted by Crippen LogP contribution is 2.22. The van der Waals surface area contributed by atoms with Crippen LogP contribution in [0.2, 0.25) is 0 Å². The molecule has 0 aliphatic carbocycles. The maximum Gasteiger partial charge on any atom is 0.222 e. The minimum absolute atomic E-state index is 0.0807. The molecule has 0 bridgehead atoms. The standard InChI is InChI=1S/C25H32BrN3O2/c1-18-7-5-6-14-29(18)17-22-9-4-3-8-21(22)16-27-25(31)15-24(28-19(2)30)20-10-12-23(26)13-11-20/h3-4,8-13,18,24H,5-7,14-17H2,1-2H3,(H,27,31)(H,28,30). The van der Waals surface area contributed by atoms with Crippen molar-refractivity contribution in [1.82, 2.24) is 15.5 Å². The fourth-order valence-corrected chi connectivity index (χ4v) is 4.40. The van der Waals surface area contributed by atoms with Crippen LogP contribution in [0.1, 0.15) is 62.3 Å². The summed E-state index contributed by atoms with van der Waals surface area (Å²) in [6, 6.07) is 16.3. The fraction of sp³-hybridized carbons (Fsp3) is 0.440. The first-order valence-electron chi connectivity index (χ1n) is 11.0. The molecule has 166 valence electrons. The van der Waals surface area contributed by atoms with E-state index in [1.165, 1.54) is 31.7 Å². The molecule has 2 N–H and O–H groups in total. The summed E-state index contributed by atoms with van der Waals surface area (Å²) in [4.78, 5) is 26.9. The van der Waals surface area contributed by atoms with Crippen LogP contribution in [0.4, 0.5) is 0 Å². The summed E-state index contributed by atoms with van der Waals surface area (Å²) in [5.74, 6) is -0.232. The van der Waals surface area contributed by atoms with Crippen molar-refractivity contribution in [1.29, 1.82) is 0 Å². The summed E-state index contributed by atoms with van der Waals surface area (Å²) in [6.45, 7) is 6.31. The van der Waals surface area contributed by atoms with E-state index >= 15 is 0 Å². The third kappa shape index (κ3) is 7.18. The number of halogens is 1. The van der Waals surface area contributed by atoms with Gasteiger partial charge in [-0.05, 0) is 55.1 Å². The zero-order valence-electron chi connectivity index (χ0n) is 18.4. The van der Waals surface area contributed by atoms with Gasteiger partial charge in [0.25, 0.3) is 0 Å². The van der Waals surface area contributed by atoms with Crippen LogP contribution in [0.3, 0.4) is 0 Å². The Kier molecular flexibility index (Phi) is 8.67. The van der Waals surface area contributed by atoms with Crippen LogP contribution in [0, 0.1) is 0 Å². The van der Waals surface area contributed by atoms with Gasteiger partial charge in [-0.3, -0.25) is 14.5 Å². The first-order valence-corrected chi connectivity index (χ1v) is 11.8. The Morgan fingerprint density at radius 1 is 1.10 bits per heavy atom. The number of rotatable bonds is 8. The van der Waals surface area contributed by atoms with Gasteiger partial charge in [-0.2, -0.15) is 0 Å². The third-order valence-electron chi connectivity index (χ3n) is 5.95. The van der Waals surface area contributed by atoms with Crippen molar-refractivity contribution in [3.8, 4) is 0 Å². The first-order chi connectivity index (χ1) is 14.9. The molecule has 2 aromatic rings. The van der Waals surface area contributed by atoms with Gasteiger partial charge >= 0.3 is 0 Å². The van der Waals surface area contributed by atoms with Crippen molar-refractivity contribution in [2.75, 3.05) is 6.54 Å². The first kappa shape index (κ1) is 23.5. The zero-order chi connectivity index (χ0) is 22.2. The van der Waals surface area contributed by atoms with Gasteiger partial charge in [0.2, 0.25) is 11.8 Å². The Morgan fingerprint density at radius 2 is 1.81 bits per heavy atom. The molecule has 6 heteroatoms. The van der Waals surface area contributed by atoms with Crippen LogP contribution >= 0.6 is 15.9 Å². The maximum absolute atomic E-state index is 12.7. The second-order valence-electron chi connectivity index (χ2n) is 8.37. The number of nitrogens with one attached hydrogen (secondary N) is 2. The Morgan fingerprint density at radius 3 is 2.48 bits per heavy atom. The number of benzene rings is 2. The zero-order valence-corrected chi connectivity index (χ0v) is 20.0. The predicted octanol–water partition coefficient (Wildman–Crippen LogP) is 4.71. The summed E-state index contributed by atoms with van der Waals surface area (Å²) < 4.78 is 0.960. The molecule has 0 aromatic heterocycles. The van der Waals surface area contributed by atoms with E-state index < -0.39 is 0 Å². The van der Waals surface area contributed by atoms with Gasteiger partial charge < -0.3 is 10.6 Å². The molecule has 2 atom stereocenters. The molecule has 2 unspecified atom stereocenters. The summed E-state index contributed by atoms with van der Waals surface area (Å²) in [7, 11) is 0. The second kappa shape index (κ2) is 11.4. The van der Waals surface area contributed by atoms with Crippen molar-refractivity contribution < 1.29 is 9.59 Å². The minimum atomic E-state index is -0.352. The molecule has 2 aromatic carbocycles. The van der Waals surface area contributed by atoms with Crippen LogP contribution in [0.25, 0.3) is 0 Å². The molecular weight excluding hydrogens is 454 g/mol. The highest BCUT2D eigenvalue weighted by Gasteiger charge is 2.20. The highest BCUT2D eigenvalue weighted by molar-refractivity contribution is 9.10. The van der Waals surface area contributed by atoms with Gasteiger partial charge in [-0.1, -0.05) is 58.7 Å². The number of piperidine rings is 1. The quantitative estimate of drug-likeness (QED) is 0.569. The lowest BCUT2D eigenvalue weighted by atomic mass is 10.0. The van der Waals surface area contributed by atoms with Gasteiger partial charge in [-0.25, -0.2) is 0 Å². The van der Waals surface area contributed by atoms with Crippen LogP contribution in [-0.4, -0.2) is 29.3 Å². The van der Waals surface area contributed by atoms with Crippen LogP contribution in [0.15, 0.2) is 53.0 Å². The number of hydrogen-bond acceptors (Lipinski definition) is 3. The van der Waals surface area contributed by atoms with Crippen molar-refractivity contribution in [2.24, 2.45) is 0 Å². The van der Waals surface area contributed by atoms with Crippen molar-refractivity contribution in [3.05, 3.63) is 69.7 Å². The normalized spacial score (nSPS) is 17.7. The lowest BCUT2D eigenvalue weighted by Gasteiger charge is -2.33. The van der Waals surface area contributed by atoms with Crippen molar-refractivity contribution in [3.63, 3.8) is 0 Å². The molecule has 1 aliphatic rings.